The number of carbonyl (C=O) groups excluding carboxylic acids is 1. The maximum atomic E-state index is 16.0. The third-order valence-electron chi connectivity index (χ3n) is 10.1. The lowest BCUT2D eigenvalue weighted by Gasteiger charge is -2.36. The first kappa shape index (κ1) is 33.2. The van der Waals surface area contributed by atoms with E-state index in [2.05, 4.69) is 26.8 Å². The summed E-state index contributed by atoms with van der Waals surface area (Å²) in [5.41, 5.74) is 1.18. The molecular weight excluding hydrogens is 626 g/mol. The number of hydrogen-bond acceptors (Lipinski definition) is 8. The SMILES string of the molecule is C=CN1c2ncnc3c2cc(C2CCS(=O)(=O)CC2)c(=O)n3CCNC(=O)CCCN2CCC(CC2)C(F)(F)c2cccc(c2)[C@H]1C. The Morgan fingerprint density at radius 2 is 1.77 bits per heavy atom. The molecule has 7 rings (SSSR count). The van der Waals surface area contributed by atoms with Crippen molar-refractivity contribution in [3.63, 3.8) is 0 Å². The molecule has 0 spiro atoms. The zero-order chi connectivity index (χ0) is 33.3. The molecule has 2 aromatic heterocycles. The molecule has 0 saturated carbocycles. The minimum atomic E-state index is -3.16. The summed E-state index contributed by atoms with van der Waals surface area (Å²) >= 11 is 0. The number of halogens is 2. The summed E-state index contributed by atoms with van der Waals surface area (Å²) < 4.78 is 58.0. The van der Waals surface area contributed by atoms with E-state index >= 15 is 8.78 Å². The molecule has 1 N–H and O–H groups in total. The van der Waals surface area contributed by atoms with Crippen molar-refractivity contribution in [2.45, 2.75) is 69.9 Å². The van der Waals surface area contributed by atoms with Gasteiger partial charge in [-0.15, -0.1) is 0 Å². The van der Waals surface area contributed by atoms with Gasteiger partial charge in [0.25, 0.3) is 11.5 Å². The number of sulfone groups is 1. The molecule has 10 nitrogen and oxygen atoms in total. The molecule has 4 aliphatic heterocycles. The van der Waals surface area contributed by atoms with Crippen LogP contribution in [0.5, 0.6) is 0 Å². The summed E-state index contributed by atoms with van der Waals surface area (Å²) in [5.74, 6) is -3.79. The molecule has 1 amide bonds. The number of rotatable bonds is 2. The predicted molar refractivity (Wildman–Crippen MR) is 177 cm³/mol. The average Bonchev–Trinajstić information content (AvgIpc) is 3.06. The van der Waals surface area contributed by atoms with Gasteiger partial charge in [0, 0.05) is 36.6 Å². The molecule has 1 atom stereocenters. The number of fused-ring (bicyclic) bond motifs is 9. The molecule has 252 valence electrons. The summed E-state index contributed by atoms with van der Waals surface area (Å²) in [6.07, 6.45) is 5.22. The van der Waals surface area contributed by atoms with Gasteiger partial charge in [-0.2, -0.15) is 0 Å². The van der Waals surface area contributed by atoms with Crippen LogP contribution in [0.2, 0.25) is 0 Å². The Morgan fingerprint density at radius 3 is 2.49 bits per heavy atom. The molecule has 3 aromatic rings. The first-order valence-electron chi connectivity index (χ1n) is 16.5. The van der Waals surface area contributed by atoms with E-state index in [4.69, 9.17) is 0 Å². The van der Waals surface area contributed by atoms with Crippen LogP contribution >= 0.6 is 0 Å². The molecule has 2 fully saturated rings. The molecule has 6 heterocycles. The summed E-state index contributed by atoms with van der Waals surface area (Å²) in [6, 6.07) is 7.83. The van der Waals surface area contributed by atoms with Gasteiger partial charge in [-0.1, -0.05) is 24.8 Å². The fourth-order valence-corrected chi connectivity index (χ4v) is 8.80. The Morgan fingerprint density at radius 1 is 1.02 bits per heavy atom. The van der Waals surface area contributed by atoms with Gasteiger partial charge < -0.3 is 15.1 Å². The number of alkyl halides is 2. The molecular formula is C34H42F2N6O4S. The van der Waals surface area contributed by atoms with E-state index in [-0.39, 0.29) is 54.0 Å². The Hall–Kier alpha value is -3.71. The van der Waals surface area contributed by atoms with Gasteiger partial charge in [-0.05, 0) is 88.5 Å². The van der Waals surface area contributed by atoms with Crippen molar-refractivity contribution >= 4 is 32.6 Å². The molecule has 2 saturated heterocycles. The lowest BCUT2D eigenvalue weighted by Crippen LogP contribution is -2.40. The standard InChI is InChI=1S/C34H42F2N6O4S/c1-3-41-23(2)25-6-4-7-27(20-25)34(35,36)26-9-15-40(16-10-26)14-5-8-30(43)37-13-17-42-32-29(31(41)38-22-39-32)21-28(33(42)44)24-11-18-47(45,46)19-12-24/h3-4,6-7,20-24,26H,1,5,8-19H2,2H3,(H,37,43)/t23-/m1/s1. The Kier molecular flexibility index (Phi) is 9.48. The number of aromatic nitrogens is 3. The van der Waals surface area contributed by atoms with Crippen molar-refractivity contribution in [1.82, 2.24) is 24.8 Å². The largest absolute Gasteiger partial charge is 0.354 e. The van der Waals surface area contributed by atoms with E-state index in [9.17, 15) is 18.0 Å². The van der Waals surface area contributed by atoms with Crippen molar-refractivity contribution in [2.24, 2.45) is 5.92 Å². The predicted octanol–water partition coefficient (Wildman–Crippen LogP) is 4.51. The van der Waals surface area contributed by atoms with Crippen LogP contribution in [0.3, 0.4) is 0 Å². The van der Waals surface area contributed by atoms with Gasteiger partial charge in [0.15, 0.2) is 0 Å². The molecule has 8 bridgehead atoms. The van der Waals surface area contributed by atoms with E-state index < -0.39 is 27.7 Å². The van der Waals surface area contributed by atoms with E-state index in [0.29, 0.717) is 79.7 Å². The van der Waals surface area contributed by atoms with E-state index in [1.165, 1.54) is 17.0 Å². The third kappa shape index (κ3) is 6.83. The normalized spacial score (nSPS) is 25.6. The second-order valence-corrected chi connectivity index (χ2v) is 15.3. The summed E-state index contributed by atoms with van der Waals surface area (Å²) in [7, 11) is -3.16. The first-order chi connectivity index (χ1) is 22.5. The van der Waals surface area contributed by atoms with Crippen LogP contribution in [0.25, 0.3) is 11.0 Å². The molecule has 4 aliphatic rings. The van der Waals surface area contributed by atoms with Crippen LogP contribution in [-0.2, 0) is 27.1 Å². The number of hydrogen-bond donors (Lipinski definition) is 1. The molecule has 0 unspecified atom stereocenters. The van der Waals surface area contributed by atoms with Crippen LogP contribution in [0.1, 0.15) is 74.1 Å². The van der Waals surface area contributed by atoms with Gasteiger partial charge in [0.2, 0.25) is 5.91 Å². The molecule has 0 aliphatic carbocycles. The number of carbonyl (C=O) groups is 1. The maximum absolute atomic E-state index is 16.0. The number of piperidine rings is 1. The summed E-state index contributed by atoms with van der Waals surface area (Å²) in [4.78, 5) is 39.8. The Balaban J connectivity index is 1.46. The highest BCUT2D eigenvalue weighted by atomic mass is 32.2. The van der Waals surface area contributed by atoms with Gasteiger partial charge in [-0.3, -0.25) is 14.2 Å². The van der Waals surface area contributed by atoms with Gasteiger partial charge in [-0.25, -0.2) is 27.2 Å². The highest BCUT2D eigenvalue weighted by Gasteiger charge is 2.43. The Labute approximate surface area is 273 Å². The first-order valence-corrected chi connectivity index (χ1v) is 18.3. The van der Waals surface area contributed by atoms with E-state index in [0.717, 1.165) is 0 Å². The van der Waals surface area contributed by atoms with Gasteiger partial charge in [0.1, 0.15) is 27.6 Å². The second kappa shape index (κ2) is 13.4. The monoisotopic (exact) mass is 668 g/mol. The fourth-order valence-electron chi connectivity index (χ4n) is 7.31. The number of benzene rings is 1. The fraction of sp³-hybridized carbons (Fsp3) is 0.529. The van der Waals surface area contributed by atoms with Gasteiger partial charge in [0.05, 0.1) is 22.9 Å². The maximum Gasteiger partial charge on any atom is 0.276 e. The molecule has 13 heteroatoms. The lowest BCUT2D eigenvalue weighted by atomic mass is 9.85. The van der Waals surface area contributed by atoms with Crippen LogP contribution in [0.4, 0.5) is 14.6 Å². The average molecular weight is 669 g/mol. The van der Waals surface area contributed by atoms with Gasteiger partial charge >= 0.3 is 0 Å². The quantitative estimate of drug-likeness (QED) is 0.424. The van der Waals surface area contributed by atoms with Crippen LogP contribution < -0.4 is 15.8 Å². The topological polar surface area (TPSA) is 117 Å². The van der Waals surface area contributed by atoms with Crippen LogP contribution in [-0.4, -0.2) is 71.4 Å². The van der Waals surface area contributed by atoms with Crippen molar-refractivity contribution in [3.8, 4) is 0 Å². The minimum absolute atomic E-state index is 0.00156. The van der Waals surface area contributed by atoms with E-state index in [1.54, 1.807) is 29.3 Å². The van der Waals surface area contributed by atoms with E-state index in [1.807, 2.05) is 13.0 Å². The van der Waals surface area contributed by atoms with Crippen LogP contribution in [0.15, 0.2) is 54.2 Å². The number of pyridine rings is 1. The van der Waals surface area contributed by atoms with Crippen molar-refractivity contribution in [1.29, 1.82) is 0 Å². The minimum Gasteiger partial charge on any atom is -0.354 e. The number of nitrogens with zero attached hydrogens (tertiary/aromatic N) is 5. The van der Waals surface area contributed by atoms with Crippen molar-refractivity contribution in [3.05, 3.63) is 76.5 Å². The summed E-state index contributed by atoms with van der Waals surface area (Å²) in [5, 5.41) is 3.47. The zero-order valence-electron chi connectivity index (χ0n) is 26.7. The smallest absolute Gasteiger partial charge is 0.276 e. The third-order valence-corrected chi connectivity index (χ3v) is 11.8. The second-order valence-electron chi connectivity index (χ2n) is 13.0. The lowest BCUT2D eigenvalue weighted by molar-refractivity contribution is -0.121. The van der Waals surface area contributed by atoms with Crippen molar-refractivity contribution < 1.29 is 22.0 Å². The zero-order valence-corrected chi connectivity index (χ0v) is 27.5. The van der Waals surface area contributed by atoms with Crippen molar-refractivity contribution in [2.75, 3.05) is 42.6 Å². The molecule has 47 heavy (non-hydrogen) atoms. The number of amides is 1. The number of anilines is 1. The molecule has 1 aromatic carbocycles. The molecule has 0 radical (unpaired) electrons. The van der Waals surface area contributed by atoms with Crippen LogP contribution in [0, 0.1) is 5.92 Å². The highest BCUT2D eigenvalue weighted by molar-refractivity contribution is 7.91. The highest BCUT2D eigenvalue weighted by Crippen LogP contribution is 2.43. The Bertz CT molecular complexity index is 1810. The number of nitrogens with one attached hydrogen (secondary N) is 1. The summed E-state index contributed by atoms with van der Waals surface area (Å²) in [6.45, 7) is 8.03.